The highest BCUT2D eigenvalue weighted by molar-refractivity contribution is 8.02. The summed E-state index contributed by atoms with van der Waals surface area (Å²) < 4.78 is 0. The first-order valence-electron chi connectivity index (χ1n) is 12.1. The second-order valence-corrected chi connectivity index (χ2v) is 11.9. The average Bonchev–Trinajstić information content (AvgIpc) is 3.08. The molecule has 0 aromatic carbocycles. The molecule has 31 heavy (non-hydrogen) atoms. The largest absolute Gasteiger partial charge is 0.353 e. The summed E-state index contributed by atoms with van der Waals surface area (Å²) in [6, 6.07) is 0.630. The van der Waals surface area contributed by atoms with Gasteiger partial charge in [0.1, 0.15) is 0 Å². The molecular formula is C26H36N2O2S. The Kier molecular flexibility index (Phi) is 5.39. The molecule has 0 radical (unpaired) electrons. The molecule has 0 bridgehead atoms. The number of nitrogens with zero attached hydrogens (tertiary/aromatic N) is 1. The maximum Gasteiger partial charge on any atom is 0.246 e. The Morgan fingerprint density at radius 1 is 1.16 bits per heavy atom. The van der Waals surface area contributed by atoms with E-state index < -0.39 is 0 Å². The Balaban J connectivity index is 1.31. The zero-order valence-corrected chi connectivity index (χ0v) is 19.9. The Morgan fingerprint density at radius 3 is 2.77 bits per heavy atom. The van der Waals surface area contributed by atoms with E-state index in [1.165, 1.54) is 25.7 Å². The van der Waals surface area contributed by atoms with Gasteiger partial charge in [-0.2, -0.15) is 0 Å². The van der Waals surface area contributed by atoms with Crippen molar-refractivity contribution < 1.29 is 9.59 Å². The standard InChI is InChI=1S/C26H36N2O2S/c1-25-12-10-20-18(6-9-22-26(20,2)13-11-24(30)28(22)3)19(25)7-8-21(25)27-23(29)15-17-5-4-14-31-16-17/h4-5,11,13,16,18-22H,6-10,12,14-15H2,1-3H3,(H,27,29)/t18-,19-,20-,21?,22+,25-,26+/m0/s1. The highest BCUT2D eigenvalue weighted by Gasteiger charge is 2.60. The second kappa shape index (κ2) is 7.83. The summed E-state index contributed by atoms with van der Waals surface area (Å²) in [6.07, 6.45) is 15.8. The van der Waals surface area contributed by atoms with Crippen LogP contribution in [0, 0.1) is 28.6 Å². The fourth-order valence-electron chi connectivity index (χ4n) is 7.96. The molecule has 3 saturated carbocycles. The highest BCUT2D eigenvalue weighted by atomic mass is 32.2. The van der Waals surface area contributed by atoms with Crippen molar-refractivity contribution in [1.29, 1.82) is 0 Å². The zero-order valence-electron chi connectivity index (χ0n) is 19.1. The fourth-order valence-corrected chi connectivity index (χ4v) is 8.64. The number of fused-ring (bicyclic) bond motifs is 5. The summed E-state index contributed by atoms with van der Waals surface area (Å²) in [5.41, 5.74) is 1.42. The molecule has 1 N–H and O–H groups in total. The van der Waals surface area contributed by atoms with Crippen molar-refractivity contribution in [2.45, 2.75) is 70.9 Å². The van der Waals surface area contributed by atoms with Gasteiger partial charge >= 0.3 is 0 Å². The van der Waals surface area contributed by atoms with E-state index in [2.05, 4.69) is 42.8 Å². The molecular weight excluding hydrogens is 404 g/mol. The zero-order chi connectivity index (χ0) is 21.8. The first-order valence-corrected chi connectivity index (χ1v) is 13.1. The molecule has 168 valence electrons. The average molecular weight is 441 g/mol. The van der Waals surface area contributed by atoms with Crippen LogP contribution in [0.15, 0.2) is 35.3 Å². The number of allylic oxidation sites excluding steroid dienone is 1. The van der Waals surface area contributed by atoms with Crippen molar-refractivity contribution in [1.82, 2.24) is 10.2 Å². The molecule has 0 spiro atoms. The third-order valence-electron chi connectivity index (χ3n) is 9.59. The van der Waals surface area contributed by atoms with Gasteiger partial charge < -0.3 is 10.2 Å². The number of likely N-dealkylation sites (N-methyl/N-ethyl adjacent to an activating group) is 1. The van der Waals surface area contributed by atoms with Crippen LogP contribution in [0.3, 0.4) is 0 Å². The van der Waals surface area contributed by atoms with Gasteiger partial charge in [0.2, 0.25) is 11.8 Å². The number of hydrogen-bond donors (Lipinski definition) is 1. The van der Waals surface area contributed by atoms with E-state index >= 15 is 0 Å². The predicted octanol–water partition coefficient (Wildman–Crippen LogP) is 4.69. The van der Waals surface area contributed by atoms with E-state index in [4.69, 9.17) is 0 Å². The van der Waals surface area contributed by atoms with Gasteiger partial charge in [-0.3, -0.25) is 9.59 Å². The van der Waals surface area contributed by atoms with Crippen LogP contribution in [0.1, 0.15) is 58.8 Å². The molecule has 0 aromatic rings. The molecule has 7 atom stereocenters. The van der Waals surface area contributed by atoms with Gasteiger partial charge in [0.25, 0.3) is 0 Å². The fraction of sp³-hybridized carbons (Fsp3) is 0.692. The molecule has 5 heteroatoms. The first-order chi connectivity index (χ1) is 14.8. The van der Waals surface area contributed by atoms with E-state index in [-0.39, 0.29) is 22.6 Å². The summed E-state index contributed by atoms with van der Waals surface area (Å²) >= 11 is 1.77. The van der Waals surface area contributed by atoms with Gasteiger partial charge in [0.15, 0.2) is 0 Å². The third kappa shape index (κ3) is 3.42. The van der Waals surface area contributed by atoms with E-state index in [9.17, 15) is 9.59 Å². The minimum Gasteiger partial charge on any atom is -0.353 e. The lowest BCUT2D eigenvalue weighted by molar-refractivity contribution is -0.138. The number of rotatable bonds is 3. The molecule has 4 nitrogen and oxygen atoms in total. The van der Waals surface area contributed by atoms with Crippen molar-refractivity contribution in [2.24, 2.45) is 28.6 Å². The van der Waals surface area contributed by atoms with Crippen LogP contribution in [0.2, 0.25) is 0 Å². The second-order valence-electron chi connectivity index (χ2n) is 11.0. The van der Waals surface area contributed by atoms with E-state index in [1.807, 2.05) is 18.0 Å². The SMILES string of the molecule is CN1C(=O)C=C[C@]2(C)[C@H]3CC[C@]4(C)C(NC(=O)CC5=CSCC=C5)CC[C@H]4[C@@H]3CC[C@@H]12. The van der Waals surface area contributed by atoms with Crippen molar-refractivity contribution in [3.63, 3.8) is 0 Å². The summed E-state index contributed by atoms with van der Waals surface area (Å²) in [5.74, 6) is 3.36. The number of carbonyl (C=O) groups excluding carboxylic acids is 2. The Bertz CT molecular complexity index is 863. The van der Waals surface area contributed by atoms with Crippen LogP contribution in [-0.4, -0.2) is 41.6 Å². The monoisotopic (exact) mass is 440 g/mol. The number of thioether (sulfide) groups is 1. The van der Waals surface area contributed by atoms with Crippen LogP contribution in [-0.2, 0) is 9.59 Å². The first kappa shape index (κ1) is 21.4. The summed E-state index contributed by atoms with van der Waals surface area (Å²) in [6.45, 7) is 4.84. The minimum absolute atomic E-state index is 0.0890. The number of carbonyl (C=O) groups is 2. The Labute approximate surface area is 191 Å². The molecule has 3 aliphatic carbocycles. The van der Waals surface area contributed by atoms with Crippen LogP contribution in [0.5, 0.6) is 0 Å². The molecule has 0 saturated heterocycles. The van der Waals surface area contributed by atoms with Gasteiger partial charge in [0, 0.05) is 30.3 Å². The molecule has 1 unspecified atom stereocenters. The highest BCUT2D eigenvalue weighted by Crippen LogP contribution is 2.63. The van der Waals surface area contributed by atoms with E-state index in [0.29, 0.717) is 36.3 Å². The van der Waals surface area contributed by atoms with Crippen molar-refractivity contribution >= 4 is 23.6 Å². The summed E-state index contributed by atoms with van der Waals surface area (Å²) in [7, 11) is 1.98. The van der Waals surface area contributed by atoms with Gasteiger partial charge in [-0.25, -0.2) is 0 Å². The van der Waals surface area contributed by atoms with Crippen molar-refractivity contribution in [2.75, 3.05) is 12.8 Å². The Hall–Kier alpha value is -1.49. The maximum atomic E-state index is 12.8. The Morgan fingerprint density at radius 2 is 2.00 bits per heavy atom. The molecule has 0 aromatic heterocycles. The van der Waals surface area contributed by atoms with Crippen LogP contribution in [0.25, 0.3) is 0 Å². The smallest absolute Gasteiger partial charge is 0.246 e. The van der Waals surface area contributed by atoms with E-state index in [1.54, 1.807) is 11.8 Å². The molecule has 5 aliphatic rings. The van der Waals surface area contributed by atoms with Gasteiger partial charge in [-0.05, 0) is 78.8 Å². The number of hydrogen-bond acceptors (Lipinski definition) is 3. The topological polar surface area (TPSA) is 49.4 Å². The van der Waals surface area contributed by atoms with Gasteiger partial charge in [-0.15, -0.1) is 11.8 Å². The maximum absolute atomic E-state index is 12.8. The van der Waals surface area contributed by atoms with Crippen molar-refractivity contribution in [3.8, 4) is 0 Å². The molecule has 2 heterocycles. The minimum atomic E-state index is 0.0890. The summed E-state index contributed by atoms with van der Waals surface area (Å²) in [4.78, 5) is 27.1. The molecule has 2 aliphatic heterocycles. The quantitative estimate of drug-likeness (QED) is 0.693. The van der Waals surface area contributed by atoms with Crippen LogP contribution >= 0.6 is 11.8 Å². The number of nitrogens with one attached hydrogen (secondary N) is 1. The molecule has 3 fully saturated rings. The van der Waals surface area contributed by atoms with Gasteiger partial charge in [-0.1, -0.05) is 32.1 Å². The predicted molar refractivity (Wildman–Crippen MR) is 126 cm³/mol. The van der Waals surface area contributed by atoms with Crippen LogP contribution < -0.4 is 5.32 Å². The third-order valence-corrected chi connectivity index (χ3v) is 10.4. The lowest BCUT2D eigenvalue weighted by Gasteiger charge is -2.60. The van der Waals surface area contributed by atoms with Crippen molar-refractivity contribution in [3.05, 3.63) is 35.3 Å². The number of amides is 2. The van der Waals surface area contributed by atoms with E-state index in [0.717, 1.165) is 24.2 Å². The van der Waals surface area contributed by atoms with Gasteiger partial charge in [0.05, 0.1) is 6.42 Å². The normalized spacial score (nSPS) is 43.7. The molecule has 2 amide bonds. The van der Waals surface area contributed by atoms with Crippen LogP contribution in [0.4, 0.5) is 0 Å². The lowest BCUT2D eigenvalue weighted by Crippen LogP contribution is -2.60. The summed E-state index contributed by atoms with van der Waals surface area (Å²) in [5, 5.41) is 5.58. The lowest BCUT2D eigenvalue weighted by atomic mass is 9.48. The molecule has 5 rings (SSSR count).